The fourth-order valence-corrected chi connectivity index (χ4v) is 7.13. The minimum atomic E-state index is 0.620. The van der Waals surface area contributed by atoms with Gasteiger partial charge in [-0.05, 0) is 32.6 Å². The number of aromatic amines is 1. The number of H-pyrrole nitrogens is 1. The van der Waals surface area contributed by atoms with Crippen molar-refractivity contribution in [2.75, 3.05) is 0 Å². The molecule has 0 bridgehead atoms. The zero-order valence-corrected chi connectivity index (χ0v) is 30.4. The van der Waals surface area contributed by atoms with Gasteiger partial charge in [0.05, 0.1) is 12.0 Å². The van der Waals surface area contributed by atoms with Gasteiger partial charge in [-0.2, -0.15) is 0 Å². The molecule has 2 heteroatoms. The largest absolute Gasteiger partial charge is 0.257 e. The second-order valence-corrected chi connectivity index (χ2v) is 14.4. The molecule has 0 fully saturated rings. The molecule has 1 rings (SSSR count). The number of nitrogens with one attached hydrogen (secondary N) is 1. The molecule has 2 unspecified atom stereocenters. The summed E-state index contributed by atoms with van der Waals surface area (Å²) in [6.45, 7) is 9.40. The highest BCUT2D eigenvalue weighted by Crippen LogP contribution is 2.27. The molecule has 1 aromatic heterocycles. The summed E-state index contributed by atoms with van der Waals surface area (Å²) in [6.07, 6.45) is 50.2. The SMILES string of the molecule is CCCCCCCCCCCCCCCCCCC(CCCCCCCCCCC)c1[nH]cc[n+]1C(C)CCCCCC. The topological polar surface area (TPSA) is 19.7 Å². The van der Waals surface area contributed by atoms with Crippen LogP contribution < -0.4 is 4.57 Å². The highest BCUT2D eigenvalue weighted by atomic mass is 15.1. The Labute approximate surface area is 272 Å². The molecule has 0 spiro atoms. The molecule has 0 saturated heterocycles. The summed E-state index contributed by atoms with van der Waals surface area (Å²) in [4.78, 5) is 3.74. The first kappa shape index (κ1) is 40.2. The first-order valence-electron chi connectivity index (χ1n) is 20.3. The van der Waals surface area contributed by atoms with Crippen LogP contribution in [-0.4, -0.2) is 4.98 Å². The second kappa shape index (κ2) is 31.2. The zero-order valence-electron chi connectivity index (χ0n) is 30.4. The Balaban J connectivity index is 2.30. The predicted molar refractivity (Wildman–Crippen MR) is 193 cm³/mol. The van der Waals surface area contributed by atoms with Crippen LogP contribution in [0.4, 0.5) is 0 Å². The van der Waals surface area contributed by atoms with Gasteiger partial charge in [0.1, 0.15) is 12.4 Å². The summed E-state index contributed by atoms with van der Waals surface area (Å²) in [5, 5.41) is 0. The maximum atomic E-state index is 3.74. The third-order valence-electron chi connectivity index (χ3n) is 10.1. The van der Waals surface area contributed by atoms with E-state index >= 15 is 0 Å². The highest BCUT2D eigenvalue weighted by Gasteiger charge is 2.25. The molecule has 2 atom stereocenters. The van der Waals surface area contributed by atoms with Gasteiger partial charge in [0.25, 0.3) is 5.82 Å². The molecule has 1 heterocycles. The Bertz CT molecular complexity index is 664. The lowest BCUT2D eigenvalue weighted by Crippen LogP contribution is -2.41. The number of imidazole rings is 1. The average molecular weight is 602 g/mol. The van der Waals surface area contributed by atoms with Gasteiger partial charge in [0.15, 0.2) is 0 Å². The van der Waals surface area contributed by atoms with E-state index in [0.717, 1.165) is 0 Å². The summed E-state index contributed by atoms with van der Waals surface area (Å²) < 4.78 is 2.62. The lowest BCUT2D eigenvalue weighted by Gasteiger charge is -2.17. The molecule has 0 aliphatic rings. The lowest BCUT2D eigenvalue weighted by atomic mass is 9.92. The Morgan fingerprint density at radius 3 is 1.12 bits per heavy atom. The summed E-state index contributed by atoms with van der Waals surface area (Å²) in [5.41, 5.74) is 0. The number of unbranched alkanes of at least 4 members (excludes halogenated alkanes) is 26. The summed E-state index contributed by atoms with van der Waals surface area (Å²) >= 11 is 0. The van der Waals surface area contributed by atoms with Gasteiger partial charge in [-0.15, -0.1) is 0 Å². The second-order valence-electron chi connectivity index (χ2n) is 14.4. The van der Waals surface area contributed by atoms with Gasteiger partial charge in [-0.25, -0.2) is 9.55 Å². The predicted octanol–water partition coefficient (Wildman–Crippen LogP) is 14.5. The van der Waals surface area contributed by atoms with E-state index in [1.165, 1.54) is 211 Å². The fraction of sp³-hybridized carbons (Fsp3) is 0.927. The molecule has 0 aromatic carbocycles. The third kappa shape index (κ3) is 23.2. The molecule has 0 aliphatic heterocycles. The van der Waals surface area contributed by atoms with Gasteiger partial charge in [0.2, 0.25) is 0 Å². The van der Waals surface area contributed by atoms with Crippen LogP contribution >= 0.6 is 0 Å². The first-order chi connectivity index (χ1) is 21.2. The molecule has 2 nitrogen and oxygen atoms in total. The van der Waals surface area contributed by atoms with Crippen molar-refractivity contribution in [3.05, 3.63) is 18.2 Å². The highest BCUT2D eigenvalue weighted by molar-refractivity contribution is 4.90. The molecule has 0 radical (unpaired) electrons. The number of aromatic nitrogens is 2. The Hall–Kier alpha value is -0.790. The average Bonchev–Trinajstić information content (AvgIpc) is 3.51. The van der Waals surface area contributed by atoms with E-state index in [1.807, 2.05) is 0 Å². The molecule has 0 aliphatic carbocycles. The van der Waals surface area contributed by atoms with Crippen LogP contribution in [0.1, 0.15) is 251 Å². The molecular weight excluding hydrogens is 520 g/mol. The van der Waals surface area contributed by atoms with Crippen LogP contribution in [0.15, 0.2) is 12.4 Å². The van der Waals surface area contributed by atoms with Crippen molar-refractivity contribution >= 4 is 0 Å². The maximum Gasteiger partial charge on any atom is 0.257 e. The van der Waals surface area contributed by atoms with E-state index in [1.54, 1.807) is 0 Å². The van der Waals surface area contributed by atoms with E-state index < -0.39 is 0 Å². The van der Waals surface area contributed by atoms with Crippen molar-refractivity contribution in [1.29, 1.82) is 0 Å². The van der Waals surface area contributed by atoms with Crippen molar-refractivity contribution in [2.45, 2.75) is 245 Å². The van der Waals surface area contributed by atoms with Gasteiger partial charge in [-0.3, -0.25) is 0 Å². The van der Waals surface area contributed by atoms with Crippen molar-refractivity contribution < 1.29 is 4.57 Å². The van der Waals surface area contributed by atoms with Crippen LogP contribution in [-0.2, 0) is 0 Å². The summed E-state index contributed by atoms with van der Waals surface area (Å²) in [5.74, 6) is 2.24. The standard InChI is InChI=1S/C41H80N2/c1-5-8-11-14-16-18-19-20-21-22-23-24-26-28-30-33-36-40(35-32-29-27-25-17-15-12-9-6-2)41-42-37-38-43(41)39(4)34-31-13-10-7-3/h37-40H,5-36H2,1-4H3/p+1. The number of rotatable bonds is 34. The molecule has 0 saturated carbocycles. The number of hydrogen-bond donors (Lipinski definition) is 1. The van der Waals surface area contributed by atoms with E-state index in [4.69, 9.17) is 0 Å². The van der Waals surface area contributed by atoms with E-state index in [-0.39, 0.29) is 0 Å². The van der Waals surface area contributed by atoms with Crippen molar-refractivity contribution in [1.82, 2.24) is 4.98 Å². The Kier molecular flexibility index (Phi) is 29.2. The van der Waals surface area contributed by atoms with E-state index in [0.29, 0.717) is 12.0 Å². The fourth-order valence-electron chi connectivity index (χ4n) is 7.13. The lowest BCUT2D eigenvalue weighted by molar-refractivity contribution is -0.727. The first-order valence-corrected chi connectivity index (χ1v) is 20.3. The number of nitrogens with zero attached hydrogens (tertiary/aromatic N) is 1. The van der Waals surface area contributed by atoms with Crippen LogP contribution in [0, 0.1) is 0 Å². The molecule has 0 amide bonds. The van der Waals surface area contributed by atoms with Crippen LogP contribution in [0.2, 0.25) is 0 Å². The number of hydrogen-bond acceptors (Lipinski definition) is 0. The normalized spacial score (nSPS) is 13.1. The molecule has 254 valence electrons. The molecular formula is C41H81N2+. The minimum Gasteiger partial charge on any atom is -0.247 e. The van der Waals surface area contributed by atoms with Crippen LogP contribution in [0.25, 0.3) is 0 Å². The van der Waals surface area contributed by atoms with Crippen molar-refractivity contribution in [3.8, 4) is 0 Å². The van der Waals surface area contributed by atoms with Crippen LogP contribution in [0.5, 0.6) is 0 Å². The van der Waals surface area contributed by atoms with Gasteiger partial charge in [-0.1, -0.05) is 201 Å². The third-order valence-corrected chi connectivity index (χ3v) is 10.1. The van der Waals surface area contributed by atoms with Gasteiger partial charge in [0, 0.05) is 0 Å². The van der Waals surface area contributed by atoms with E-state index in [2.05, 4.69) is 49.6 Å². The molecule has 1 aromatic rings. The smallest absolute Gasteiger partial charge is 0.247 e. The minimum absolute atomic E-state index is 0.620. The molecule has 43 heavy (non-hydrogen) atoms. The van der Waals surface area contributed by atoms with Crippen molar-refractivity contribution in [2.24, 2.45) is 0 Å². The Morgan fingerprint density at radius 1 is 0.442 bits per heavy atom. The van der Waals surface area contributed by atoms with Crippen LogP contribution in [0.3, 0.4) is 0 Å². The van der Waals surface area contributed by atoms with Gasteiger partial charge >= 0.3 is 0 Å². The van der Waals surface area contributed by atoms with Gasteiger partial charge < -0.3 is 0 Å². The molecule has 1 N–H and O–H groups in total. The quantitative estimate of drug-likeness (QED) is 0.0599. The maximum absolute atomic E-state index is 3.74. The summed E-state index contributed by atoms with van der Waals surface area (Å²) in [7, 11) is 0. The summed E-state index contributed by atoms with van der Waals surface area (Å²) in [6, 6.07) is 0.620. The Morgan fingerprint density at radius 2 is 0.744 bits per heavy atom. The van der Waals surface area contributed by atoms with Crippen molar-refractivity contribution in [3.63, 3.8) is 0 Å². The zero-order chi connectivity index (χ0) is 31.1. The van der Waals surface area contributed by atoms with E-state index in [9.17, 15) is 0 Å². The monoisotopic (exact) mass is 602 g/mol.